The van der Waals surface area contributed by atoms with E-state index in [9.17, 15) is 19.0 Å². The van der Waals surface area contributed by atoms with Crippen LogP contribution in [0.25, 0.3) is 0 Å². The van der Waals surface area contributed by atoms with Crippen molar-refractivity contribution in [2.75, 3.05) is 26.4 Å². The van der Waals surface area contributed by atoms with Gasteiger partial charge in [-0.1, -0.05) is 187 Å². The average Bonchev–Trinajstić information content (AvgIpc) is 3.27. The molecule has 0 aromatic carbocycles. The van der Waals surface area contributed by atoms with Crippen LogP contribution in [0.2, 0.25) is 0 Å². The second kappa shape index (κ2) is 47.9. The van der Waals surface area contributed by atoms with Gasteiger partial charge < -0.3 is 20.1 Å². The fourth-order valence-electron chi connectivity index (χ4n) is 5.84. The molecule has 9 nitrogen and oxygen atoms in total. The Morgan fingerprint density at radius 2 is 0.873 bits per heavy atom. The molecule has 0 aromatic heterocycles. The predicted molar refractivity (Wildman–Crippen MR) is 265 cm³/mol. The van der Waals surface area contributed by atoms with Crippen molar-refractivity contribution in [2.45, 2.75) is 174 Å². The molecule has 0 aromatic rings. The van der Waals surface area contributed by atoms with Gasteiger partial charge in [-0.2, -0.15) is 0 Å². The van der Waals surface area contributed by atoms with E-state index in [1.165, 1.54) is 19.3 Å². The second-order valence-corrected chi connectivity index (χ2v) is 16.7. The third-order valence-electron chi connectivity index (χ3n) is 9.36. The van der Waals surface area contributed by atoms with Crippen LogP contribution in [0.15, 0.2) is 122 Å². The number of hydrogen-bond acceptors (Lipinski definition) is 8. The number of rotatable bonds is 43. The van der Waals surface area contributed by atoms with Crippen LogP contribution in [0.3, 0.4) is 0 Å². The van der Waals surface area contributed by atoms with E-state index in [1.54, 1.807) is 0 Å². The van der Waals surface area contributed by atoms with Gasteiger partial charge in [0.05, 0.1) is 13.2 Å². The van der Waals surface area contributed by atoms with Gasteiger partial charge in [-0.15, -0.1) is 0 Å². The van der Waals surface area contributed by atoms with E-state index in [-0.39, 0.29) is 32.6 Å². The standard InChI is InChI=1S/C53H86NO8P/c1-3-5-7-9-11-12-13-14-15-16-17-18-19-20-21-22-23-24-25-26-27-28-29-30-31-32-33-34-35-36-37-38-40-42-44-46-53(56)62-51(50-61-63(57,58)60-48-47-54)49-59-52(55)45-43-41-39-10-8-6-4-2/h5,7,11-12,14-15,17-18,20-21,23-24,26-27,29-30,32-33,35-36,51H,3-4,6,8-10,13,16,19,22,25,28,31,34,37-50,54H2,1-2H3,(H,57,58)/b7-5-,12-11-,15-14-,18-17-,21-20-,24-23-,27-26-,30-29-,33-32-,36-35-. The second-order valence-electron chi connectivity index (χ2n) is 15.2. The molecular weight excluding hydrogens is 810 g/mol. The molecule has 0 aliphatic rings. The Kier molecular flexibility index (Phi) is 45.2. The maximum Gasteiger partial charge on any atom is 0.472 e. The van der Waals surface area contributed by atoms with E-state index in [1.807, 2.05) is 0 Å². The minimum Gasteiger partial charge on any atom is -0.462 e. The maximum absolute atomic E-state index is 12.6. The summed E-state index contributed by atoms with van der Waals surface area (Å²) in [6, 6.07) is 0. The van der Waals surface area contributed by atoms with Gasteiger partial charge in [0, 0.05) is 19.4 Å². The highest BCUT2D eigenvalue weighted by Crippen LogP contribution is 2.43. The van der Waals surface area contributed by atoms with Crippen LogP contribution in [0.4, 0.5) is 0 Å². The van der Waals surface area contributed by atoms with Gasteiger partial charge in [-0.05, 0) is 89.9 Å². The summed E-state index contributed by atoms with van der Waals surface area (Å²) in [4.78, 5) is 34.7. The lowest BCUT2D eigenvalue weighted by atomic mass is 10.1. The number of phosphoric ester groups is 1. The molecule has 0 rings (SSSR count). The molecule has 0 saturated heterocycles. The third kappa shape index (κ3) is 47.7. The molecular formula is C53H86NO8P. The molecule has 0 radical (unpaired) electrons. The minimum atomic E-state index is -4.39. The molecule has 0 spiro atoms. The van der Waals surface area contributed by atoms with E-state index in [2.05, 4.69) is 135 Å². The lowest BCUT2D eigenvalue weighted by Crippen LogP contribution is -2.29. The van der Waals surface area contributed by atoms with Crippen molar-refractivity contribution in [3.8, 4) is 0 Å². The summed E-state index contributed by atoms with van der Waals surface area (Å²) in [6.45, 7) is 3.50. The number of carbonyl (C=O) groups excluding carboxylic acids is 2. The Balaban J connectivity index is 4.05. The molecule has 0 heterocycles. The molecule has 63 heavy (non-hydrogen) atoms. The molecule has 10 heteroatoms. The van der Waals surface area contributed by atoms with Gasteiger partial charge in [-0.25, -0.2) is 4.57 Å². The first-order valence-electron chi connectivity index (χ1n) is 24.0. The highest BCUT2D eigenvalue weighted by atomic mass is 31.2. The van der Waals surface area contributed by atoms with Crippen LogP contribution in [0.5, 0.6) is 0 Å². The molecule has 2 atom stereocenters. The Morgan fingerprint density at radius 1 is 0.492 bits per heavy atom. The van der Waals surface area contributed by atoms with E-state index in [0.717, 1.165) is 116 Å². The zero-order valence-electron chi connectivity index (χ0n) is 39.3. The Hall–Kier alpha value is -3.59. The summed E-state index contributed by atoms with van der Waals surface area (Å²) in [5, 5.41) is 0. The van der Waals surface area contributed by atoms with Gasteiger partial charge in [0.15, 0.2) is 6.10 Å². The first-order valence-corrected chi connectivity index (χ1v) is 25.5. The van der Waals surface area contributed by atoms with E-state index in [4.69, 9.17) is 24.3 Å². The SMILES string of the molecule is CC/C=C\C/C=C\C/C=C\C/C=C\C/C=C\C/C=C\C/C=C\C/C=C\C/C=C\C/C=C\CCCCCCC(=O)OC(COC(=O)CCCCCCCCC)COP(=O)(O)OCCN. The summed E-state index contributed by atoms with van der Waals surface area (Å²) >= 11 is 0. The first-order chi connectivity index (χ1) is 30.8. The van der Waals surface area contributed by atoms with Crippen molar-refractivity contribution in [3.63, 3.8) is 0 Å². The van der Waals surface area contributed by atoms with Crippen molar-refractivity contribution < 1.29 is 37.6 Å². The lowest BCUT2D eigenvalue weighted by molar-refractivity contribution is -0.161. The van der Waals surface area contributed by atoms with Crippen LogP contribution in [0.1, 0.15) is 168 Å². The number of allylic oxidation sites excluding steroid dienone is 20. The first kappa shape index (κ1) is 59.4. The molecule has 3 N–H and O–H groups in total. The lowest BCUT2D eigenvalue weighted by Gasteiger charge is -2.19. The summed E-state index contributed by atoms with van der Waals surface area (Å²) < 4.78 is 32.6. The zero-order valence-corrected chi connectivity index (χ0v) is 40.1. The highest BCUT2D eigenvalue weighted by Gasteiger charge is 2.26. The number of phosphoric acid groups is 1. The van der Waals surface area contributed by atoms with Crippen LogP contribution < -0.4 is 5.73 Å². The van der Waals surface area contributed by atoms with E-state index >= 15 is 0 Å². The Labute approximate surface area is 383 Å². The van der Waals surface area contributed by atoms with Crippen molar-refractivity contribution in [1.29, 1.82) is 0 Å². The quantitative estimate of drug-likeness (QED) is 0.0265. The molecule has 0 aliphatic heterocycles. The van der Waals surface area contributed by atoms with Gasteiger partial charge in [0.25, 0.3) is 0 Å². The van der Waals surface area contributed by atoms with E-state index < -0.39 is 32.5 Å². The van der Waals surface area contributed by atoms with Crippen LogP contribution in [-0.4, -0.2) is 49.3 Å². The van der Waals surface area contributed by atoms with Crippen LogP contribution in [-0.2, 0) is 32.7 Å². The smallest absolute Gasteiger partial charge is 0.462 e. The van der Waals surface area contributed by atoms with Crippen molar-refractivity contribution in [2.24, 2.45) is 5.73 Å². The minimum absolute atomic E-state index is 0.0431. The monoisotopic (exact) mass is 896 g/mol. The molecule has 356 valence electrons. The molecule has 2 unspecified atom stereocenters. The maximum atomic E-state index is 12.6. The van der Waals surface area contributed by atoms with Gasteiger partial charge in [0.1, 0.15) is 6.61 Å². The van der Waals surface area contributed by atoms with Gasteiger partial charge >= 0.3 is 19.8 Å². The normalized spacial score (nSPS) is 14.3. The number of ether oxygens (including phenoxy) is 2. The molecule has 0 amide bonds. The van der Waals surface area contributed by atoms with E-state index in [0.29, 0.717) is 6.42 Å². The number of carbonyl (C=O) groups is 2. The van der Waals surface area contributed by atoms with Crippen molar-refractivity contribution >= 4 is 19.8 Å². The van der Waals surface area contributed by atoms with Crippen molar-refractivity contribution in [1.82, 2.24) is 0 Å². The predicted octanol–water partition coefficient (Wildman–Crippen LogP) is 14.5. The Bertz CT molecular complexity index is 1440. The molecule has 0 aliphatic carbocycles. The summed E-state index contributed by atoms with van der Waals surface area (Å²) in [5.41, 5.74) is 5.33. The number of unbranched alkanes of at least 4 members (excludes halogenated alkanes) is 10. The average molecular weight is 896 g/mol. The molecule has 0 fully saturated rings. The topological polar surface area (TPSA) is 134 Å². The third-order valence-corrected chi connectivity index (χ3v) is 10.3. The fraction of sp³-hybridized carbons (Fsp3) is 0.585. The zero-order chi connectivity index (χ0) is 46.0. The summed E-state index contributed by atoms with van der Waals surface area (Å²) in [6.07, 6.45) is 65.6. The number of nitrogens with two attached hydrogens (primary N) is 1. The highest BCUT2D eigenvalue weighted by molar-refractivity contribution is 7.47. The number of hydrogen-bond donors (Lipinski definition) is 2. The number of esters is 2. The van der Waals surface area contributed by atoms with Gasteiger partial charge in [-0.3, -0.25) is 18.6 Å². The fourth-order valence-corrected chi connectivity index (χ4v) is 6.60. The summed E-state index contributed by atoms with van der Waals surface area (Å²) in [7, 11) is -4.39. The van der Waals surface area contributed by atoms with Crippen LogP contribution >= 0.6 is 7.82 Å². The summed E-state index contributed by atoms with van der Waals surface area (Å²) in [5.74, 6) is -0.876. The molecule has 0 saturated carbocycles. The Morgan fingerprint density at radius 3 is 1.30 bits per heavy atom. The van der Waals surface area contributed by atoms with Crippen molar-refractivity contribution in [3.05, 3.63) is 122 Å². The largest absolute Gasteiger partial charge is 0.472 e. The van der Waals surface area contributed by atoms with Gasteiger partial charge in [0.2, 0.25) is 0 Å². The molecule has 0 bridgehead atoms. The van der Waals surface area contributed by atoms with Crippen LogP contribution in [0, 0.1) is 0 Å².